The number of nitrogens with zero attached hydrogens (tertiary/aromatic N) is 3. The topological polar surface area (TPSA) is 110 Å². The molecule has 1 N–H and O–H groups in total. The monoisotopic (exact) mass is 594 g/mol. The number of carbonyl (C=O) groups is 3. The molecule has 1 aliphatic rings. The van der Waals surface area contributed by atoms with Crippen LogP contribution in [0.25, 0.3) is 0 Å². The number of para-hydroxylation sites is 1. The second-order valence-electron chi connectivity index (χ2n) is 10.2. The highest BCUT2D eigenvalue weighted by Crippen LogP contribution is 2.40. The maximum Gasteiger partial charge on any atom is 0.415 e. The molecule has 5 rings (SSSR count). The van der Waals surface area contributed by atoms with E-state index in [9.17, 15) is 14.4 Å². The molecule has 2 amide bonds. The van der Waals surface area contributed by atoms with Crippen LogP contribution in [0.2, 0.25) is 0 Å². The summed E-state index contributed by atoms with van der Waals surface area (Å²) in [6, 6.07) is 29.9. The summed E-state index contributed by atoms with van der Waals surface area (Å²) in [5, 5.41) is 2.96. The fourth-order valence-electron chi connectivity index (χ4n) is 4.88. The SMILES string of the molecule is COC(=O)CC1CN(c2ccccc2)c2cc(NC(=O)CCCN(C(=O)OCc3ccccc3)c3ccccn3)ccc2O1. The molecule has 4 aromatic rings. The van der Waals surface area contributed by atoms with Gasteiger partial charge in [0.25, 0.3) is 0 Å². The molecule has 0 radical (unpaired) electrons. The van der Waals surface area contributed by atoms with Crippen LogP contribution in [0.5, 0.6) is 5.75 Å². The number of ether oxygens (including phenoxy) is 3. The van der Waals surface area contributed by atoms with Gasteiger partial charge in [0.1, 0.15) is 24.3 Å². The van der Waals surface area contributed by atoms with Crippen molar-refractivity contribution in [3.05, 3.63) is 109 Å². The second-order valence-corrected chi connectivity index (χ2v) is 10.2. The lowest BCUT2D eigenvalue weighted by atomic mass is 10.1. The minimum Gasteiger partial charge on any atom is -0.486 e. The third-order valence-corrected chi connectivity index (χ3v) is 7.04. The van der Waals surface area contributed by atoms with E-state index in [4.69, 9.17) is 14.2 Å². The minimum atomic E-state index is -0.533. The molecule has 1 atom stereocenters. The van der Waals surface area contributed by atoms with Crippen molar-refractivity contribution >= 4 is 40.8 Å². The van der Waals surface area contributed by atoms with E-state index in [0.29, 0.717) is 30.2 Å². The van der Waals surface area contributed by atoms with Gasteiger partial charge in [0, 0.05) is 30.5 Å². The van der Waals surface area contributed by atoms with Gasteiger partial charge in [-0.05, 0) is 54.4 Å². The molecule has 1 unspecified atom stereocenters. The number of hydrogen-bond donors (Lipinski definition) is 1. The molecule has 3 aromatic carbocycles. The van der Waals surface area contributed by atoms with Gasteiger partial charge in [-0.1, -0.05) is 54.6 Å². The molecule has 0 saturated heterocycles. The number of benzene rings is 3. The summed E-state index contributed by atoms with van der Waals surface area (Å²) in [7, 11) is 1.36. The van der Waals surface area contributed by atoms with Gasteiger partial charge in [0.2, 0.25) is 5.91 Å². The van der Waals surface area contributed by atoms with Gasteiger partial charge in [-0.15, -0.1) is 0 Å². The molecule has 1 aromatic heterocycles. The van der Waals surface area contributed by atoms with Crippen molar-refractivity contribution in [3.8, 4) is 5.75 Å². The summed E-state index contributed by atoms with van der Waals surface area (Å²) in [6.07, 6.45) is 1.36. The van der Waals surface area contributed by atoms with Gasteiger partial charge in [0.15, 0.2) is 0 Å². The minimum absolute atomic E-state index is 0.118. The number of carbonyl (C=O) groups excluding carboxylic acids is 3. The molecule has 1 aliphatic heterocycles. The van der Waals surface area contributed by atoms with E-state index in [1.165, 1.54) is 12.0 Å². The number of nitrogens with one attached hydrogen (secondary N) is 1. The zero-order chi connectivity index (χ0) is 30.7. The van der Waals surface area contributed by atoms with Crippen molar-refractivity contribution in [2.24, 2.45) is 0 Å². The molecule has 10 heteroatoms. The van der Waals surface area contributed by atoms with Gasteiger partial charge in [-0.25, -0.2) is 9.78 Å². The van der Waals surface area contributed by atoms with Crippen LogP contribution in [-0.4, -0.2) is 49.3 Å². The Bertz CT molecular complexity index is 1550. The molecule has 2 heterocycles. The molecule has 0 bridgehead atoms. The Hall–Kier alpha value is -5.38. The summed E-state index contributed by atoms with van der Waals surface area (Å²) in [4.78, 5) is 45.7. The molecular formula is C34H34N4O6. The van der Waals surface area contributed by atoms with Crippen LogP contribution >= 0.6 is 0 Å². The normalized spacial score (nSPS) is 13.7. The summed E-state index contributed by atoms with van der Waals surface area (Å²) >= 11 is 0. The largest absolute Gasteiger partial charge is 0.486 e. The van der Waals surface area contributed by atoms with Gasteiger partial charge < -0.3 is 24.4 Å². The quantitative estimate of drug-likeness (QED) is 0.207. The van der Waals surface area contributed by atoms with E-state index in [2.05, 4.69) is 15.2 Å². The third kappa shape index (κ3) is 7.91. The highest BCUT2D eigenvalue weighted by atomic mass is 16.6. The highest BCUT2D eigenvalue weighted by Gasteiger charge is 2.29. The van der Waals surface area contributed by atoms with Crippen molar-refractivity contribution < 1.29 is 28.6 Å². The van der Waals surface area contributed by atoms with Crippen LogP contribution in [0, 0.1) is 0 Å². The number of pyridine rings is 1. The summed E-state index contributed by atoms with van der Waals surface area (Å²) in [5.41, 5.74) is 3.19. The molecular weight excluding hydrogens is 560 g/mol. The fraction of sp³-hybridized carbons (Fsp3) is 0.235. The first-order chi connectivity index (χ1) is 21.5. The lowest BCUT2D eigenvalue weighted by Gasteiger charge is -2.36. The van der Waals surface area contributed by atoms with Crippen molar-refractivity contribution in [1.29, 1.82) is 0 Å². The summed E-state index contributed by atoms with van der Waals surface area (Å²) < 4.78 is 16.5. The highest BCUT2D eigenvalue weighted by molar-refractivity contribution is 5.92. The van der Waals surface area contributed by atoms with Crippen molar-refractivity contribution in [2.75, 3.05) is 35.3 Å². The summed E-state index contributed by atoms with van der Waals surface area (Å²) in [5.74, 6) is 0.510. The molecule has 44 heavy (non-hydrogen) atoms. The summed E-state index contributed by atoms with van der Waals surface area (Å²) in [6.45, 7) is 0.821. The first kappa shape index (κ1) is 30.1. The zero-order valence-electron chi connectivity index (χ0n) is 24.4. The standard InChI is InChI=1S/C34H34N4O6/c1-42-33(40)22-28-23-38(27-13-6-3-7-14-27)29-21-26(17-18-30(29)44-28)36-32(39)16-10-20-37(31-15-8-9-19-35-31)34(41)43-24-25-11-4-2-5-12-25/h2-9,11-15,17-19,21,28H,10,16,20,22-24H2,1H3,(H,36,39). The van der Waals surface area contributed by atoms with Gasteiger partial charge in [-0.2, -0.15) is 0 Å². The van der Waals surface area contributed by atoms with Crippen molar-refractivity contribution in [1.82, 2.24) is 4.98 Å². The molecule has 0 saturated carbocycles. The smallest absolute Gasteiger partial charge is 0.415 e. The van der Waals surface area contributed by atoms with E-state index >= 15 is 0 Å². The number of methoxy groups -OCH3 is 1. The lowest BCUT2D eigenvalue weighted by Crippen LogP contribution is -2.38. The number of aromatic nitrogens is 1. The van der Waals surface area contributed by atoms with Crippen LogP contribution in [0.3, 0.4) is 0 Å². The Morgan fingerprint density at radius 2 is 1.73 bits per heavy atom. The van der Waals surface area contributed by atoms with Gasteiger partial charge in [-0.3, -0.25) is 14.5 Å². The Labute approximate surface area is 256 Å². The molecule has 0 spiro atoms. The van der Waals surface area contributed by atoms with Crippen LogP contribution in [-0.2, 0) is 25.7 Å². The van der Waals surface area contributed by atoms with Crippen molar-refractivity contribution in [2.45, 2.75) is 32.0 Å². The molecule has 0 aliphatic carbocycles. The fourth-order valence-corrected chi connectivity index (χ4v) is 4.88. The van der Waals surface area contributed by atoms with Gasteiger partial charge >= 0.3 is 12.1 Å². The Morgan fingerprint density at radius 1 is 0.977 bits per heavy atom. The lowest BCUT2D eigenvalue weighted by molar-refractivity contribution is -0.142. The van der Waals surface area contributed by atoms with Crippen molar-refractivity contribution in [3.63, 3.8) is 0 Å². The Kier molecular flexibility index (Phi) is 10.0. The van der Waals surface area contributed by atoms with Crippen LogP contribution in [0.1, 0.15) is 24.8 Å². The first-order valence-corrected chi connectivity index (χ1v) is 14.4. The van der Waals surface area contributed by atoms with Crippen LogP contribution < -0.4 is 19.9 Å². The maximum absolute atomic E-state index is 13.0. The van der Waals surface area contributed by atoms with E-state index in [-0.39, 0.29) is 37.9 Å². The molecule has 226 valence electrons. The second kappa shape index (κ2) is 14.7. The average molecular weight is 595 g/mol. The van der Waals surface area contributed by atoms with E-state index in [1.807, 2.05) is 66.7 Å². The number of anilines is 4. The predicted octanol–water partition coefficient (Wildman–Crippen LogP) is 6.11. The maximum atomic E-state index is 13.0. The van der Waals surface area contributed by atoms with Crippen LogP contribution in [0.15, 0.2) is 103 Å². The Morgan fingerprint density at radius 3 is 2.45 bits per heavy atom. The predicted molar refractivity (Wildman–Crippen MR) is 167 cm³/mol. The number of hydrogen-bond acceptors (Lipinski definition) is 8. The number of rotatable bonds is 11. The third-order valence-electron chi connectivity index (χ3n) is 7.04. The van der Waals surface area contributed by atoms with Crippen LogP contribution in [0.4, 0.5) is 27.7 Å². The molecule has 0 fully saturated rings. The van der Waals surface area contributed by atoms with E-state index in [1.54, 1.807) is 36.5 Å². The van der Waals surface area contributed by atoms with Gasteiger partial charge in [0.05, 0.1) is 25.8 Å². The molecule has 10 nitrogen and oxygen atoms in total. The first-order valence-electron chi connectivity index (χ1n) is 14.4. The average Bonchev–Trinajstić information content (AvgIpc) is 3.06. The number of esters is 1. The van der Waals surface area contributed by atoms with E-state index in [0.717, 1.165) is 16.9 Å². The number of amides is 2. The number of fused-ring (bicyclic) bond motifs is 1. The van der Waals surface area contributed by atoms with E-state index < -0.39 is 12.2 Å². The Balaban J connectivity index is 1.22. The zero-order valence-corrected chi connectivity index (χ0v) is 24.4.